The monoisotopic (exact) mass is 204 g/mol. The van der Waals surface area contributed by atoms with Gasteiger partial charge in [0.1, 0.15) is 5.75 Å². The van der Waals surface area contributed by atoms with Crippen LogP contribution in [0, 0.1) is 0 Å². The second-order valence-electron chi connectivity index (χ2n) is 1.70. The Bertz CT molecular complexity index is 236. The smallest absolute Gasteiger partial charge is 0.341 e. The lowest BCUT2D eigenvalue weighted by Crippen LogP contribution is -2.24. The van der Waals surface area contributed by atoms with Crippen molar-refractivity contribution in [2.45, 2.75) is 6.17 Å². The second-order valence-corrected chi connectivity index (χ2v) is 4.52. The van der Waals surface area contributed by atoms with Crippen LogP contribution in [0.4, 0.5) is 4.39 Å². The normalized spacial score (nSPS) is 14.1. The van der Waals surface area contributed by atoms with E-state index in [1.807, 2.05) is 0 Å². The Morgan fingerprint density at radius 2 is 2.18 bits per heavy atom. The van der Waals surface area contributed by atoms with E-state index in [9.17, 15) is 17.6 Å². The molecule has 0 N–H and O–H groups in total. The number of carbonyl (C=O) groups excluding carboxylic acids is 1. The largest absolute Gasteiger partial charge is 0.467 e. The van der Waals surface area contributed by atoms with Gasteiger partial charge in [-0.3, -0.25) is 0 Å². The highest BCUT2D eigenvalue weighted by molar-refractivity contribution is 8.13. The van der Waals surface area contributed by atoms with E-state index < -0.39 is 26.9 Å². The van der Waals surface area contributed by atoms with Gasteiger partial charge in [0, 0.05) is 10.7 Å². The molecule has 0 amide bonds. The maximum Gasteiger partial charge on any atom is 0.341 e. The molecule has 0 aliphatic rings. The van der Waals surface area contributed by atoms with Crippen LogP contribution in [0.5, 0.6) is 0 Å². The van der Waals surface area contributed by atoms with Gasteiger partial charge in [0.15, 0.2) is 0 Å². The highest BCUT2D eigenvalue weighted by Crippen LogP contribution is 2.03. The summed E-state index contributed by atoms with van der Waals surface area (Å²) in [7, 11) is 1.63. The molecule has 4 nitrogen and oxygen atoms in total. The van der Waals surface area contributed by atoms with Crippen LogP contribution in [0.2, 0.25) is 0 Å². The molecular formula is C4H6ClFO4S. The number of alkyl halides is 1. The van der Waals surface area contributed by atoms with Crippen molar-refractivity contribution >= 4 is 25.7 Å². The standard InChI is InChI=1S/C4H6ClFO4S/c1-10-4(7)3(6)2-11(5,8)9/h3H,2H2,1H3. The minimum atomic E-state index is -3.98. The van der Waals surface area contributed by atoms with E-state index in [-0.39, 0.29) is 0 Å². The van der Waals surface area contributed by atoms with Crippen LogP contribution < -0.4 is 0 Å². The Morgan fingerprint density at radius 3 is 2.45 bits per heavy atom. The van der Waals surface area contributed by atoms with E-state index >= 15 is 0 Å². The molecule has 0 heterocycles. The maximum atomic E-state index is 12.4. The topological polar surface area (TPSA) is 60.4 Å². The molecule has 0 bridgehead atoms. The van der Waals surface area contributed by atoms with Crippen molar-refractivity contribution in [3.05, 3.63) is 0 Å². The highest BCUT2D eigenvalue weighted by Gasteiger charge is 2.24. The minimum absolute atomic E-state index is 0.954. The number of halogens is 2. The van der Waals surface area contributed by atoms with Gasteiger partial charge in [0.2, 0.25) is 15.2 Å². The molecule has 66 valence electrons. The van der Waals surface area contributed by atoms with E-state index in [1.165, 1.54) is 0 Å². The summed E-state index contributed by atoms with van der Waals surface area (Å²) in [5.41, 5.74) is 0. The first-order chi connectivity index (χ1) is 4.87. The average Bonchev–Trinajstić information content (AvgIpc) is 1.82. The van der Waals surface area contributed by atoms with Crippen molar-refractivity contribution in [3.8, 4) is 0 Å². The molecule has 1 unspecified atom stereocenters. The third-order valence-electron chi connectivity index (χ3n) is 0.802. The first-order valence-corrected chi connectivity index (χ1v) is 4.99. The predicted molar refractivity (Wildman–Crippen MR) is 36.6 cm³/mol. The minimum Gasteiger partial charge on any atom is -0.467 e. The summed E-state index contributed by atoms with van der Waals surface area (Å²) < 4.78 is 36.6. The van der Waals surface area contributed by atoms with Crippen molar-refractivity contribution < 1.29 is 22.3 Å². The zero-order valence-corrected chi connectivity index (χ0v) is 7.15. The SMILES string of the molecule is COC(=O)C(F)CS(=O)(=O)Cl. The molecule has 0 aromatic rings. The van der Waals surface area contributed by atoms with Crippen LogP contribution in [-0.4, -0.2) is 33.4 Å². The number of hydrogen-bond acceptors (Lipinski definition) is 4. The van der Waals surface area contributed by atoms with Gasteiger partial charge < -0.3 is 4.74 Å². The number of carbonyl (C=O) groups is 1. The molecule has 0 aromatic heterocycles. The molecule has 0 rings (SSSR count). The lowest BCUT2D eigenvalue weighted by atomic mass is 10.4. The quantitative estimate of drug-likeness (QED) is 0.482. The molecule has 0 fully saturated rings. The number of rotatable bonds is 3. The average molecular weight is 205 g/mol. The van der Waals surface area contributed by atoms with Crippen LogP contribution in [0.15, 0.2) is 0 Å². The van der Waals surface area contributed by atoms with Crippen LogP contribution >= 0.6 is 10.7 Å². The first-order valence-electron chi connectivity index (χ1n) is 2.51. The lowest BCUT2D eigenvalue weighted by Gasteiger charge is -2.01. The van der Waals surface area contributed by atoms with Gasteiger partial charge in [0.05, 0.1) is 7.11 Å². The fraction of sp³-hybridized carbons (Fsp3) is 0.750. The molecule has 11 heavy (non-hydrogen) atoms. The molecule has 0 radical (unpaired) electrons. The van der Waals surface area contributed by atoms with E-state index in [0.717, 1.165) is 7.11 Å². The summed E-state index contributed by atoms with van der Waals surface area (Å²) in [5.74, 6) is -2.30. The van der Waals surface area contributed by atoms with Crippen molar-refractivity contribution in [1.82, 2.24) is 0 Å². The molecule has 0 spiro atoms. The maximum absolute atomic E-state index is 12.4. The fourth-order valence-electron chi connectivity index (χ4n) is 0.371. The van der Waals surface area contributed by atoms with Gasteiger partial charge in [-0.15, -0.1) is 0 Å². The number of esters is 1. The van der Waals surface area contributed by atoms with Crippen LogP contribution in [-0.2, 0) is 18.6 Å². The molecule has 0 aliphatic carbocycles. The lowest BCUT2D eigenvalue weighted by molar-refractivity contribution is -0.145. The van der Waals surface area contributed by atoms with Gasteiger partial charge in [0.25, 0.3) is 0 Å². The third-order valence-corrected chi connectivity index (χ3v) is 1.87. The Balaban J connectivity index is 4.09. The highest BCUT2D eigenvalue weighted by atomic mass is 35.7. The van der Waals surface area contributed by atoms with Gasteiger partial charge in [-0.05, 0) is 0 Å². The molecule has 0 saturated heterocycles. The summed E-state index contributed by atoms with van der Waals surface area (Å²) in [4.78, 5) is 10.3. The Labute approximate surface area is 67.7 Å². The zero-order chi connectivity index (χ0) is 9.07. The first kappa shape index (κ1) is 10.6. The van der Waals surface area contributed by atoms with Gasteiger partial charge in [-0.1, -0.05) is 0 Å². The number of ether oxygens (including phenoxy) is 1. The summed E-state index contributed by atoms with van der Waals surface area (Å²) in [6, 6.07) is 0. The van der Waals surface area contributed by atoms with Gasteiger partial charge in [-0.25, -0.2) is 17.6 Å². The third kappa shape index (κ3) is 4.97. The van der Waals surface area contributed by atoms with Crippen molar-refractivity contribution in [1.29, 1.82) is 0 Å². The summed E-state index contributed by atoms with van der Waals surface area (Å²) in [5, 5.41) is 0. The van der Waals surface area contributed by atoms with E-state index in [0.29, 0.717) is 0 Å². The summed E-state index contributed by atoms with van der Waals surface area (Å²) >= 11 is 0. The van der Waals surface area contributed by atoms with Crippen molar-refractivity contribution in [2.75, 3.05) is 12.9 Å². The van der Waals surface area contributed by atoms with Gasteiger partial charge >= 0.3 is 5.97 Å². The number of methoxy groups -OCH3 is 1. The Kier molecular flexibility index (Phi) is 3.74. The molecule has 0 aliphatic heterocycles. The summed E-state index contributed by atoms with van der Waals surface area (Å²) in [6.07, 6.45) is -2.21. The molecule has 0 aromatic carbocycles. The fourth-order valence-corrected chi connectivity index (χ4v) is 1.19. The number of hydrogen-bond donors (Lipinski definition) is 0. The van der Waals surface area contributed by atoms with Crippen LogP contribution in [0.1, 0.15) is 0 Å². The van der Waals surface area contributed by atoms with Crippen LogP contribution in [0.25, 0.3) is 0 Å². The van der Waals surface area contributed by atoms with Crippen LogP contribution in [0.3, 0.4) is 0 Å². The van der Waals surface area contributed by atoms with E-state index in [4.69, 9.17) is 0 Å². The molecule has 7 heteroatoms. The van der Waals surface area contributed by atoms with E-state index in [1.54, 1.807) is 0 Å². The van der Waals surface area contributed by atoms with Crippen molar-refractivity contribution in [2.24, 2.45) is 0 Å². The Morgan fingerprint density at radius 1 is 1.73 bits per heavy atom. The molecular weight excluding hydrogens is 199 g/mol. The van der Waals surface area contributed by atoms with E-state index in [2.05, 4.69) is 15.4 Å². The second kappa shape index (κ2) is 3.87. The zero-order valence-electron chi connectivity index (χ0n) is 5.58. The van der Waals surface area contributed by atoms with Gasteiger partial charge in [-0.2, -0.15) is 0 Å². The Hall–Kier alpha value is -0.360. The summed E-state index contributed by atoms with van der Waals surface area (Å²) in [6.45, 7) is 0. The molecule has 1 atom stereocenters. The predicted octanol–water partition coefficient (Wildman–Crippen LogP) is 0.0661. The molecule has 0 saturated carbocycles. The van der Waals surface area contributed by atoms with Crippen molar-refractivity contribution in [3.63, 3.8) is 0 Å².